The number of nitrogens with zero attached hydrogens (tertiary/aromatic N) is 1. The number of rotatable bonds is 4. The Balaban J connectivity index is 2.87. The van der Waals surface area contributed by atoms with Crippen molar-refractivity contribution in [2.24, 2.45) is 0 Å². The van der Waals surface area contributed by atoms with Crippen molar-refractivity contribution in [1.82, 2.24) is 4.98 Å². The van der Waals surface area contributed by atoms with Crippen LogP contribution in [-0.2, 0) is 9.84 Å². The Labute approximate surface area is 105 Å². The molecule has 0 saturated carbocycles. The lowest BCUT2D eigenvalue weighted by Crippen LogP contribution is -2.30. The third kappa shape index (κ3) is 3.28. The summed E-state index contributed by atoms with van der Waals surface area (Å²) in [7, 11) is -3.02. The third-order valence-corrected chi connectivity index (χ3v) is 6.41. The SMILES string of the molecule is CC(c1ccncc1)C(Br)C(C)S(C)(=O)=O. The van der Waals surface area contributed by atoms with Crippen LogP contribution in [0.1, 0.15) is 25.3 Å². The molecule has 1 rings (SSSR count). The molecular weight excluding hydrogens is 290 g/mol. The highest BCUT2D eigenvalue weighted by Gasteiger charge is 2.28. The van der Waals surface area contributed by atoms with E-state index >= 15 is 0 Å². The van der Waals surface area contributed by atoms with Crippen LogP contribution in [0.2, 0.25) is 0 Å². The molecule has 0 bridgehead atoms. The predicted molar refractivity (Wildman–Crippen MR) is 69.7 cm³/mol. The number of hydrogen-bond acceptors (Lipinski definition) is 3. The van der Waals surface area contributed by atoms with Crippen molar-refractivity contribution in [3.05, 3.63) is 30.1 Å². The number of sulfone groups is 1. The van der Waals surface area contributed by atoms with Gasteiger partial charge in [0.25, 0.3) is 0 Å². The highest BCUT2D eigenvalue weighted by molar-refractivity contribution is 9.09. The second-order valence-corrected chi connectivity index (χ2v) is 7.51. The molecule has 3 nitrogen and oxygen atoms in total. The van der Waals surface area contributed by atoms with Crippen LogP contribution in [0.15, 0.2) is 24.5 Å². The van der Waals surface area contributed by atoms with Crippen LogP contribution in [0.3, 0.4) is 0 Å². The molecule has 90 valence electrons. The smallest absolute Gasteiger partial charge is 0.151 e. The Morgan fingerprint density at radius 1 is 1.25 bits per heavy atom. The first-order valence-corrected chi connectivity index (χ1v) is 7.94. The standard InChI is InChI=1S/C11H16BrNO2S/c1-8(10-4-6-13-7-5-10)11(12)9(2)16(3,14)15/h4-9,11H,1-3H3. The first kappa shape index (κ1) is 13.6. The van der Waals surface area contributed by atoms with Gasteiger partial charge in [0.2, 0.25) is 0 Å². The van der Waals surface area contributed by atoms with E-state index in [1.165, 1.54) is 6.26 Å². The minimum Gasteiger partial charge on any atom is -0.265 e. The summed E-state index contributed by atoms with van der Waals surface area (Å²) in [6, 6.07) is 3.82. The van der Waals surface area contributed by atoms with Gasteiger partial charge in [-0.3, -0.25) is 4.98 Å². The van der Waals surface area contributed by atoms with E-state index in [1.807, 2.05) is 19.1 Å². The molecule has 1 aromatic rings. The lowest BCUT2D eigenvalue weighted by molar-refractivity contribution is 0.577. The van der Waals surface area contributed by atoms with Crippen LogP contribution in [-0.4, -0.2) is 29.7 Å². The summed E-state index contributed by atoms with van der Waals surface area (Å²) in [5, 5.41) is -0.407. The van der Waals surface area contributed by atoms with Crippen LogP contribution in [0.25, 0.3) is 0 Å². The number of pyridine rings is 1. The lowest BCUT2D eigenvalue weighted by Gasteiger charge is -2.23. The first-order valence-electron chi connectivity index (χ1n) is 5.07. The van der Waals surface area contributed by atoms with Crippen molar-refractivity contribution in [2.75, 3.05) is 6.26 Å². The number of halogens is 1. The molecule has 0 N–H and O–H groups in total. The van der Waals surface area contributed by atoms with Crippen molar-refractivity contribution in [2.45, 2.75) is 29.8 Å². The number of hydrogen-bond donors (Lipinski definition) is 0. The van der Waals surface area contributed by atoms with Crippen molar-refractivity contribution in [1.29, 1.82) is 0 Å². The van der Waals surface area contributed by atoms with Crippen LogP contribution in [0, 0.1) is 0 Å². The lowest BCUT2D eigenvalue weighted by atomic mass is 9.97. The summed E-state index contributed by atoms with van der Waals surface area (Å²) in [6.45, 7) is 3.74. The van der Waals surface area contributed by atoms with E-state index in [0.717, 1.165) is 5.56 Å². The monoisotopic (exact) mass is 305 g/mol. The Morgan fingerprint density at radius 2 is 1.75 bits per heavy atom. The zero-order chi connectivity index (χ0) is 12.3. The fourth-order valence-electron chi connectivity index (χ4n) is 1.49. The number of alkyl halides is 1. The van der Waals surface area contributed by atoms with Crippen LogP contribution in [0.5, 0.6) is 0 Å². The molecule has 0 aliphatic heterocycles. The molecule has 0 saturated heterocycles. The first-order chi connectivity index (χ1) is 7.34. The topological polar surface area (TPSA) is 47.0 Å². The molecule has 1 aromatic heterocycles. The Kier molecular flexibility index (Phi) is 4.50. The summed E-state index contributed by atoms with van der Waals surface area (Å²) in [6.07, 6.45) is 4.71. The molecule has 16 heavy (non-hydrogen) atoms. The van der Waals surface area contributed by atoms with Crippen molar-refractivity contribution >= 4 is 25.8 Å². The molecule has 0 aromatic carbocycles. The van der Waals surface area contributed by atoms with Crippen molar-refractivity contribution < 1.29 is 8.42 Å². The van der Waals surface area contributed by atoms with E-state index in [9.17, 15) is 8.42 Å². The van der Waals surface area contributed by atoms with E-state index in [4.69, 9.17) is 0 Å². The molecule has 5 heteroatoms. The van der Waals surface area contributed by atoms with Gasteiger partial charge in [0.05, 0.1) is 5.25 Å². The molecule has 0 aliphatic rings. The largest absolute Gasteiger partial charge is 0.265 e. The van der Waals surface area contributed by atoms with Gasteiger partial charge in [-0.15, -0.1) is 0 Å². The van der Waals surface area contributed by atoms with Gasteiger partial charge in [0, 0.05) is 23.5 Å². The second kappa shape index (κ2) is 5.27. The van der Waals surface area contributed by atoms with E-state index in [-0.39, 0.29) is 10.7 Å². The molecule has 0 radical (unpaired) electrons. The zero-order valence-electron chi connectivity index (χ0n) is 9.59. The maximum atomic E-state index is 11.5. The maximum Gasteiger partial charge on any atom is 0.151 e. The van der Waals surface area contributed by atoms with Gasteiger partial charge in [0.15, 0.2) is 9.84 Å². The summed E-state index contributed by atoms with van der Waals surface area (Å²) in [5.74, 6) is 0.132. The molecule has 0 aliphatic carbocycles. The highest BCUT2D eigenvalue weighted by atomic mass is 79.9. The predicted octanol–water partition coefficient (Wildman–Crippen LogP) is 2.38. The molecule has 1 heterocycles. The van der Waals surface area contributed by atoms with Crippen molar-refractivity contribution in [3.63, 3.8) is 0 Å². The molecule has 3 unspecified atom stereocenters. The van der Waals surface area contributed by atoms with Crippen LogP contribution in [0.4, 0.5) is 0 Å². The summed E-state index contributed by atoms with van der Waals surface area (Å²) in [5.41, 5.74) is 1.09. The average Bonchev–Trinajstić information content (AvgIpc) is 2.26. The summed E-state index contributed by atoms with van der Waals surface area (Å²) < 4.78 is 22.9. The Bertz CT molecular complexity index is 433. The van der Waals surface area contributed by atoms with E-state index in [1.54, 1.807) is 19.3 Å². The third-order valence-electron chi connectivity index (χ3n) is 2.83. The van der Waals surface area contributed by atoms with Gasteiger partial charge in [-0.2, -0.15) is 0 Å². The van der Waals surface area contributed by atoms with Gasteiger partial charge in [-0.1, -0.05) is 22.9 Å². The second-order valence-electron chi connectivity index (χ2n) is 4.05. The van der Waals surface area contributed by atoms with Gasteiger partial charge >= 0.3 is 0 Å². The highest BCUT2D eigenvalue weighted by Crippen LogP contribution is 2.29. The number of aromatic nitrogens is 1. The molecule has 0 fully saturated rings. The van der Waals surface area contributed by atoms with Gasteiger partial charge < -0.3 is 0 Å². The van der Waals surface area contributed by atoms with Crippen LogP contribution < -0.4 is 0 Å². The molecular formula is C11H16BrNO2S. The van der Waals surface area contributed by atoms with Crippen molar-refractivity contribution in [3.8, 4) is 0 Å². The van der Waals surface area contributed by atoms with Gasteiger partial charge in [-0.25, -0.2) is 8.42 Å². The van der Waals surface area contributed by atoms with Gasteiger partial charge in [0.1, 0.15) is 0 Å². The van der Waals surface area contributed by atoms with E-state index in [0.29, 0.717) is 0 Å². The fourth-order valence-corrected chi connectivity index (χ4v) is 3.68. The normalized spacial score (nSPS) is 17.8. The van der Waals surface area contributed by atoms with Crippen LogP contribution >= 0.6 is 15.9 Å². The van der Waals surface area contributed by atoms with E-state index < -0.39 is 15.1 Å². The fraction of sp³-hybridized carbons (Fsp3) is 0.545. The quantitative estimate of drug-likeness (QED) is 0.802. The zero-order valence-corrected chi connectivity index (χ0v) is 12.0. The minimum absolute atomic E-state index is 0.0927. The Hall–Kier alpha value is -0.420. The average molecular weight is 306 g/mol. The maximum absolute atomic E-state index is 11.5. The van der Waals surface area contributed by atoms with Gasteiger partial charge in [-0.05, 0) is 30.5 Å². The summed E-state index contributed by atoms with van der Waals surface area (Å²) >= 11 is 3.48. The van der Waals surface area contributed by atoms with E-state index in [2.05, 4.69) is 20.9 Å². The summed E-state index contributed by atoms with van der Waals surface area (Å²) in [4.78, 5) is 3.85. The molecule has 0 spiro atoms. The molecule has 0 amide bonds. The molecule has 3 atom stereocenters. The minimum atomic E-state index is -3.02. The Morgan fingerprint density at radius 3 is 2.19 bits per heavy atom.